The summed E-state index contributed by atoms with van der Waals surface area (Å²) in [6.07, 6.45) is 10.6. The zero-order valence-corrected chi connectivity index (χ0v) is 12.8. The molecule has 0 saturated heterocycles. The van der Waals surface area contributed by atoms with Gasteiger partial charge < -0.3 is 9.47 Å². The number of hydrogen-bond donors (Lipinski definition) is 0. The fraction of sp³-hybridized carbons (Fsp3) is 0.714. The molecule has 104 valence electrons. The topological polar surface area (TPSA) is 38.1 Å². The molecule has 0 N–H and O–H groups in total. The van der Waals surface area contributed by atoms with E-state index >= 15 is 0 Å². The van der Waals surface area contributed by atoms with Crippen LogP contribution in [0.15, 0.2) is 17.2 Å². The van der Waals surface area contributed by atoms with Gasteiger partial charge in [-0.2, -0.15) is 0 Å². The second kappa shape index (κ2) is 5.27. The fourth-order valence-electron chi connectivity index (χ4n) is 2.96. The van der Waals surface area contributed by atoms with Crippen molar-refractivity contribution in [3.63, 3.8) is 0 Å². The van der Waals surface area contributed by atoms with E-state index in [4.69, 9.17) is 0 Å². The molecule has 2 aliphatic rings. The van der Waals surface area contributed by atoms with Gasteiger partial charge in [0.2, 0.25) is 0 Å². The van der Waals surface area contributed by atoms with Gasteiger partial charge in [-0.25, -0.2) is 4.98 Å². The van der Waals surface area contributed by atoms with Crippen molar-refractivity contribution in [2.75, 3.05) is 11.9 Å². The van der Waals surface area contributed by atoms with Crippen LogP contribution in [0.1, 0.15) is 44.6 Å². The standard InChI is InChI=1S/C14H20BrN3O/c1-17(12-5-3-2-4-11(12)15)13-14(19)18(9-8-16-13)10-6-7-10/h8-12H,2-7H2,1H3. The van der Waals surface area contributed by atoms with Crippen LogP contribution in [0.3, 0.4) is 0 Å². The van der Waals surface area contributed by atoms with Crippen LogP contribution in [-0.4, -0.2) is 27.5 Å². The number of halogens is 1. The highest BCUT2D eigenvalue weighted by Crippen LogP contribution is 2.34. The van der Waals surface area contributed by atoms with Crippen molar-refractivity contribution < 1.29 is 0 Å². The van der Waals surface area contributed by atoms with Gasteiger partial charge in [0.15, 0.2) is 5.82 Å². The predicted octanol–water partition coefficient (Wildman–Crippen LogP) is 2.72. The van der Waals surface area contributed by atoms with Crippen LogP contribution in [0.25, 0.3) is 0 Å². The molecule has 2 unspecified atom stereocenters. The first-order valence-electron chi connectivity index (χ1n) is 7.12. The lowest BCUT2D eigenvalue weighted by Crippen LogP contribution is -2.44. The lowest BCUT2D eigenvalue weighted by Gasteiger charge is -2.35. The van der Waals surface area contributed by atoms with Crippen molar-refractivity contribution in [3.8, 4) is 0 Å². The lowest BCUT2D eigenvalue weighted by molar-refractivity contribution is 0.440. The molecule has 1 aromatic rings. The SMILES string of the molecule is CN(c1nccn(C2CC2)c1=O)C1CCCCC1Br. The zero-order valence-electron chi connectivity index (χ0n) is 11.3. The minimum atomic E-state index is 0.0674. The third-order valence-electron chi connectivity index (χ3n) is 4.27. The molecule has 5 heteroatoms. The second-order valence-electron chi connectivity index (χ2n) is 5.67. The van der Waals surface area contributed by atoms with Crippen LogP contribution in [0, 0.1) is 0 Å². The number of anilines is 1. The van der Waals surface area contributed by atoms with Crippen LogP contribution < -0.4 is 10.5 Å². The Balaban J connectivity index is 1.88. The average molecular weight is 326 g/mol. The number of alkyl halides is 1. The first-order valence-corrected chi connectivity index (χ1v) is 8.04. The van der Waals surface area contributed by atoms with Crippen LogP contribution in [0.4, 0.5) is 5.82 Å². The summed E-state index contributed by atoms with van der Waals surface area (Å²) in [7, 11) is 2.01. The molecule has 19 heavy (non-hydrogen) atoms. The molecule has 0 amide bonds. The van der Waals surface area contributed by atoms with Gasteiger partial charge in [-0.3, -0.25) is 4.79 Å². The molecular formula is C14H20BrN3O. The monoisotopic (exact) mass is 325 g/mol. The number of aromatic nitrogens is 2. The normalized spacial score (nSPS) is 27.3. The molecule has 0 aliphatic heterocycles. The summed E-state index contributed by atoms with van der Waals surface area (Å²) in [6.45, 7) is 0. The Hall–Kier alpha value is -0.840. The minimum Gasteiger partial charge on any atom is -0.351 e. The minimum absolute atomic E-state index is 0.0674. The summed E-state index contributed by atoms with van der Waals surface area (Å²) in [5.41, 5.74) is 0.0674. The fourth-order valence-corrected chi connectivity index (χ4v) is 3.90. The maximum absolute atomic E-state index is 12.5. The van der Waals surface area contributed by atoms with Crippen molar-refractivity contribution in [1.82, 2.24) is 9.55 Å². The molecule has 2 fully saturated rings. The quantitative estimate of drug-likeness (QED) is 0.802. The highest BCUT2D eigenvalue weighted by molar-refractivity contribution is 9.09. The van der Waals surface area contributed by atoms with Crippen molar-refractivity contribution >= 4 is 21.7 Å². The first-order chi connectivity index (χ1) is 9.18. The van der Waals surface area contributed by atoms with Gasteiger partial charge >= 0.3 is 0 Å². The average Bonchev–Trinajstić information content (AvgIpc) is 3.23. The molecule has 2 saturated carbocycles. The van der Waals surface area contributed by atoms with Gasteiger partial charge in [0.25, 0.3) is 5.56 Å². The van der Waals surface area contributed by atoms with E-state index in [1.165, 1.54) is 19.3 Å². The van der Waals surface area contributed by atoms with Crippen molar-refractivity contribution in [1.29, 1.82) is 0 Å². The Morgan fingerprint density at radius 1 is 1.32 bits per heavy atom. The van der Waals surface area contributed by atoms with Gasteiger partial charge in [-0.15, -0.1) is 0 Å². The summed E-state index contributed by atoms with van der Waals surface area (Å²) >= 11 is 3.76. The Bertz CT molecular complexity index is 512. The molecule has 0 aromatic carbocycles. The smallest absolute Gasteiger partial charge is 0.293 e. The van der Waals surface area contributed by atoms with Crippen LogP contribution in [-0.2, 0) is 0 Å². The van der Waals surface area contributed by atoms with Gasteiger partial charge in [0, 0.05) is 36.4 Å². The lowest BCUT2D eigenvalue weighted by atomic mass is 9.94. The van der Waals surface area contributed by atoms with Gasteiger partial charge in [0.1, 0.15) is 0 Å². The van der Waals surface area contributed by atoms with Crippen LogP contribution in [0.2, 0.25) is 0 Å². The first kappa shape index (κ1) is 13.2. The summed E-state index contributed by atoms with van der Waals surface area (Å²) in [5.74, 6) is 0.603. The molecule has 1 heterocycles. The molecule has 0 spiro atoms. The number of rotatable bonds is 3. The molecule has 3 rings (SSSR count). The second-order valence-corrected chi connectivity index (χ2v) is 6.85. The van der Waals surface area contributed by atoms with E-state index in [0.717, 1.165) is 19.3 Å². The molecule has 2 aliphatic carbocycles. The Morgan fingerprint density at radius 3 is 2.74 bits per heavy atom. The molecule has 2 atom stereocenters. The van der Waals surface area contributed by atoms with Gasteiger partial charge in [-0.05, 0) is 25.7 Å². The predicted molar refractivity (Wildman–Crippen MR) is 80.1 cm³/mol. The van der Waals surface area contributed by atoms with Gasteiger partial charge in [-0.1, -0.05) is 28.8 Å². The van der Waals surface area contributed by atoms with Crippen LogP contribution >= 0.6 is 15.9 Å². The summed E-state index contributed by atoms with van der Waals surface area (Å²) < 4.78 is 1.85. The van der Waals surface area contributed by atoms with E-state index in [2.05, 4.69) is 25.8 Å². The third kappa shape index (κ3) is 2.57. The highest BCUT2D eigenvalue weighted by Gasteiger charge is 2.30. The summed E-state index contributed by atoms with van der Waals surface area (Å²) in [4.78, 5) is 19.4. The third-order valence-corrected chi connectivity index (χ3v) is 5.34. The molecule has 4 nitrogen and oxygen atoms in total. The summed E-state index contributed by atoms with van der Waals surface area (Å²) in [6, 6.07) is 0.790. The Labute approximate surface area is 122 Å². The zero-order chi connectivity index (χ0) is 13.4. The van der Waals surface area contributed by atoms with E-state index in [0.29, 0.717) is 22.7 Å². The van der Waals surface area contributed by atoms with E-state index in [1.807, 2.05) is 17.8 Å². The van der Waals surface area contributed by atoms with E-state index in [9.17, 15) is 4.79 Å². The van der Waals surface area contributed by atoms with E-state index in [1.54, 1.807) is 6.20 Å². The van der Waals surface area contributed by atoms with E-state index in [-0.39, 0.29) is 5.56 Å². The van der Waals surface area contributed by atoms with E-state index < -0.39 is 0 Å². The van der Waals surface area contributed by atoms with Crippen molar-refractivity contribution in [2.45, 2.75) is 55.4 Å². The summed E-state index contributed by atoms with van der Waals surface area (Å²) in [5, 5.41) is 0. The maximum atomic E-state index is 12.5. The number of nitrogens with zero attached hydrogens (tertiary/aromatic N) is 3. The highest BCUT2D eigenvalue weighted by atomic mass is 79.9. The van der Waals surface area contributed by atoms with Gasteiger partial charge in [0.05, 0.1) is 0 Å². The van der Waals surface area contributed by atoms with Crippen molar-refractivity contribution in [2.24, 2.45) is 0 Å². The largest absolute Gasteiger partial charge is 0.351 e. The molecule has 0 bridgehead atoms. The van der Waals surface area contributed by atoms with Crippen molar-refractivity contribution in [3.05, 3.63) is 22.7 Å². The Morgan fingerprint density at radius 2 is 2.05 bits per heavy atom. The molecule has 0 radical (unpaired) electrons. The van der Waals surface area contributed by atoms with Crippen LogP contribution in [0.5, 0.6) is 0 Å². The molecular weight excluding hydrogens is 306 g/mol. The number of hydrogen-bond acceptors (Lipinski definition) is 3. The Kier molecular flexibility index (Phi) is 3.65. The molecule has 1 aromatic heterocycles. The maximum Gasteiger partial charge on any atom is 0.293 e.